The lowest BCUT2D eigenvalue weighted by atomic mass is 9.80. The third-order valence-electron chi connectivity index (χ3n) is 7.40. The zero-order valence-electron chi connectivity index (χ0n) is 22.2. The molecule has 2 fully saturated rings. The third kappa shape index (κ3) is 12.6. The molecule has 12 heteroatoms. The maximum absolute atomic E-state index is 12.8. The first kappa shape index (κ1) is 30.8. The number of nitrogens with zero attached hydrogens (tertiary/aromatic N) is 4. The number of hydrogen-bond donors (Lipinski definition) is 3. The molecule has 0 spiro atoms. The summed E-state index contributed by atoms with van der Waals surface area (Å²) in [7, 11) is 0. The fourth-order valence-electron chi connectivity index (χ4n) is 5.07. The predicted molar refractivity (Wildman–Crippen MR) is 139 cm³/mol. The number of rotatable bonds is 11. The van der Waals surface area contributed by atoms with Crippen LogP contribution in [0.25, 0.3) is 0 Å². The minimum atomic E-state index is -0.426. The van der Waals surface area contributed by atoms with Crippen molar-refractivity contribution in [3.8, 4) is 0 Å². The van der Waals surface area contributed by atoms with Crippen LogP contribution in [0.3, 0.4) is 0 Å². The molecule has 0 aromatic heterocycles. The van der Waals surface area contributed by atoms with Gasteiger partial charge in [-0.1, -0.05) is 0 Å². The van der Waals surface area contributed by atoms with Gasteiger partial charge < -0.3 is 21.6 Å². The van der Waals surface area contributed by atoms with Crippen LogP contribution in [-0.4, -0.2) is 134 Å². The number of nitrogens with two attached hydrogens (primary N) is 2. The molecule has 1 aliphatic heterocycles. The molecule has 2 rings (SSSR count). The monoisotopic (exact) mass is 523 g/mol. The molecule has 2 aliphatic rings. The van der Waals surface area contributed by atoms with E-state index in [1.165, 1.54) is 0 Å². The number of nitrogens with one attached hydrogen (secondary N) is 1. The quantitative estimate of drug-likeness (QED) is 0.257. The summed E-state index contributed by atoms with van der Waals surface area (Å²) in [5.74, 6) is -0.120. The average Bonchev–Trinajstić information content (AvgIpc) is 2.84. The molecule has 0 unspecified atom stereocenters. The van der Waals surface area contributed by atoms with Crippen LogP contribution in [0.4, 0.5) is 0 Å². The van der Waals surface area contributed by atoms with Crippen molar-refractivity contribution in [1.82, 2.24) is 24.9 Å². The summed E-state index contributed by atoms with van der Waals surface area (Å²) in [6.07, 6.45) is 4.51. The fraction of sp³-hybridized carbons (Fsp3) is 0.800. The van der Waals surface area contributed by atoms with Gasteiger partial charge in [-0.15, -0.1) is 0 Å². The first-order valence-corrected chi connectivity index (χ1v) is 13.3. The van der Waals surface area contributed by atoms with E-state index < -0.39 is 11.8 Å². The number of amides is 3. The van der Waals surface area contributed by atoms with Gasteiger partial charge in [-0.3, -0.25) is 38.8 Å². The van der Waals surface area contributed by atoms with E-state index in [2.05, 4.69) is 5.32 Å². The van der Waals surface area contributed by atoms with Crippen molar-refractivity contribution in [3.63, 3.8) is 0 Å². The second-order valence-corrected chi connectivity index (χ2v) is 10.4. The fourth-order valence-corrected chi connectivity index (χ4v) is 5.07. The van der Waals surface area contributed by atoms with E-state index in [1.807, 2.05) is 19.6 Å². The van der Waals surface area contributed by atoms with Gasteiger partial charge in [0, 0.05) is 64.8 Å². The number of aldehydes is 1. The number of carbonyl (C=O) groups is 5. The molecule has 1 saturated heterocycles. The van der Waals surface area contributed by atoms with Gasteiger partial charge in [0.15, 0.2) is 0 Å². The van der Waals surface area contributed by atoms with E-state index in [0.717, 1.165) is 32.0 Å². The Bertz CT molecular complexity index is 741. The molecule has 1 saturated carbocycles. The molecule has 0 aromatic rings. The van der Waals surface area contributed by atoms with Gasteiger partial charge in [0.2, 0.25) is 17.7 Å². The number of Topliss-reactive ketones (excluding diaryl/α,β-unsaturated/α-hetero) is 1. The lowest BCUT2D eigenvalue weighted by Gasteiger charge is -2.33. The molecule has 12 nitrogen and oxygen atoms in total. The van der Waals surface area contributed by atoms with E-state index in [1.54, 1.807) is 6.92 Å². The Hall–Kier alpha value is -2.41. The molecular formula is C25H45N7O5. The molecule has 0 aromatic carbocycles. The topological polar surface area (TPSA) is 162 Å². The second kappa shape index (κ2) is 16.4. The molecule has 37 heavy (non-hydrogen) atoms. The van der Waals surface area contributed by atoms with Crippen molar-refractivity contribution in [2.75, 3.05) is 85.1 Å². The first-order valence-electron chi connectivity index (χ1n) is 13.3. The summed E-state index contributed by atoms with van der Waals surface area (Å²) in [6, 6.07) is 0. The number of primary amides is 2. The Morgan fingerprint density at radius 2 is 1.16 bits per heavy atom. The summed E-state index contributed by atoms with van der Waals surface area (Å²) >= 11 is 0. The zero-order chi connectivity index (χ0) is 27.2. The summed E-state index contributed by atoms with van der Waals surface area (Å²) in [4.78, 5) is 66.7. The Balaban J connectivity index is 1.97. The minimum absolute atomic E-state index is 0.0687. The summed E-state index contributed by atoms with van der Waals surface area (Å²) in [6.45, 7) is 7.34. The molecule has 1 aliphatic carbocycles. The van der Waals surface area contributed by atoms with Crippen LogP contribution in [0.15, 0.2) is 0 Å². The van der Waals surface area contributed by atoms with Gasteiger partial charge in [-0.25, -0.2) is 0 Å². The third-order valence-corrected chi connectivity index (χ3v) is 7.40. The lowest BCUT2D eigenvalue weighted by molar-refractivity contribution is -0.124. The number of ketones is 1. The largest absolute Gasteiger partial charge is 0.369 e. The van der Waals surface area contributed by atoms with E-state index in [0.29, 0.717) is 64.8 Å². The average molecular weight is 524 g/mol. The number of carbonyl (C=O) groups excluding carboxylic acids is 5. The van der Waals surface area contributed by atoms with Crippen LogP contribution < -0.4 is 16.8 Å². The molecular weight excluding hydrogens is 478 g/mol. The second-order valence-electron chi connectivity index (χ2n) is 10.4. The van der Waals surface area contributed by atoms with Crippen molar-refractivity contribution in [3.05, 3.63) is 0 Å². The predicted octanol–water partition coefficient (Wildman–Crippen LogP) is -2.11. The SMILES string of the molecule is CC(=O)C1CCC(CNC(=O)CN2CCN(CC(N)=O)CCN(CC=O)CCN(CC(N)=O)CC2)CC1. The van der Waals surface area contributed by atoms with Crippen molar-refractivity contribution in [2.45, 2.75) is 32.6 Å². The normalized spacial score (nSPS) is 23.9. The highest BCUT2D eigenvalue weighted by Gasteiger charge is 2.25. The molecule has 0 atom stereocenters. The van der Waals surface area contributed by atoms with Crippen LogP contribution >= 0.6 is 0 Å². The van der Waals surface area contributed by atoms with Gasteiger partial charge >= 0.3 is 0 Å². The summed E-state index contributed by atoms with van der Waals surface area (Å²) in [5.41, 5.74) is 10.9. The molecule has 210 valence electrons. The Labute approximate surface area is 220 Å². The summed E-state index contributed by atoms with van der Waals surface area (Å²) < 4.78 is 0. The van der Waals surface area contributed by atoms with E-state index in [-0.39, 0.29) is 43.8 Å². The van der Waals surface area contributed by atoms with E-state index >= 15 is 0 Å². The van der Waals surface area contributed by atoms with Crippen molar-refractivity contribution in [1.29, 1.82) is 0 Å². The highest BCUT2D eigenvalue weighted by Crippen LogP contribution is 2.28. The van der Waals surface area contributed by atoms with Crippen molar-refractivity contribution >= 4 is 29.8 Å². The lowest BCUT2D eigenvalue weighted by Crippen LogP contribution is -2.50. The summed E-state index contributed by atoms with van der Waals surface area (Å²) in [5, 5.41) is 3.06. The number of hydrogen-bond acceptors (Lipinski definition) is 9. The molecule has 0 radical (unpaired) electrons. The Morgan fingerprint density at radius 3 is 1.57 bits per heavy atom. The molecule has 0 bridgehead atoms. The van der Waals surface area contributed by atoms with E-state index in [4.69, 9.17) is 11.5 Å². The van der Waals surface area contributed by atoms with Crippen LogP contribution in [0.2, 0.25) is 0 Å². The standard InChI is InChI=1S/C25H45N7O5/c1-20(34)22-4-2-21(3-5-22)16-28-25(37)19-32-12-10-30(17-23(26)35)8-6-29(14-15-33)7-9-31(11-13-32)18-24(27)36/h15,21-22H,2-14,16-19H2,1H3,(H2,26,35)(H2,27,36)(H,28,37). The van der Waals surface area contributed by atoms with Crippen molar-refractivity contribution < 1.29 is 24.0 Å². The maximum Gasteiger partial charge on any atom is 0.234 e. The van der Waals surface area contributed by atoms with Crippen LogP contribution in [0.5, 0.6) is 0 Å². The van der Waals surface area contributed by atoms with Crippen LogP contribution in [-0.2, 0) is 24.0 Å². The van der Waals surface area contributed by atoms with Gasteiger partial charge in [0.25, 0.3) is 0 Å². The van der Waals surface area contributed by atoms with Gasteiger partial charge in [-0.05, 0) is 38.5 Å². The molecule has 5 N–H and O–H groups in total. The maximum atomic E-state index is 12.8. The zero-order valence-corrected chi connectivity index (χ0v) is 22.2. The van der Waals surface area contributed by atoms with Crippen LogP contribution in [0.1, 0.15) is 32.6 Å². The van der Waals surface area contributed by atoms with E-state index in [9.17, 15) is 24.0 Å². The molecule has 1 heterocycles. The first-order chi connectivity index (χ1) is 17.7. The van der Waals surface area contributed by atoms with Gasteiger partial charge in [0.05, 0.1) is 26.2 Å². The smallest absolute Gasteiger partial charge is 0.234 e. The highest BCUT2D eigenvalue weighted by atomic mass is 16.2. The van der Waals surface area contributed by atoms with Gasteiger partial charge in [0.1, 0.15) is 12.1 Å². The Morgan fingerprint density at radius 1 is 0.730 bits per heavy atom. The van der Waals surface area contributed by atoms with Crippen molar-refractivity contribution in [2.24, 2.45) is 23.3 Å². The van der Waals surface area contributed by atoms with Crippen LogP contribution in [0, 0.1) is 11.8 Å². The highest BCUT2D eigenvalue weighted by molar-refractivity contribution is 5.79. The minimum Gasteiger partial charge on any atom is -0.369 e. The molecule has 3 amide bonds. The van der Waals surface area contributed by atoms with Gasteiger partial charge in [-0.2, -0.15) is 0 Å². The Kier molecular flexibility index (Phi) is 13.7.